The molecule has 2 fully saturated rings. The number of halogens is 1. The van der Waals surface area contributed by atoms with Crippen molar-refractivity contribution in [3.05, 3.63) is 40.4 Å². The lowest BCUT2D eigenvalue weighted by molar-refractivity contribution is 0.0882. The maximum atomic E-state index is 16.2. The molecule has 0 bridgehead atoms. The van der Waals surface area contributed by atoms with Gasteiger partial charge in [-0.2, -0.15) is 0 Å². The number of alkyl halides is 1. The average molecular weight is 438 g/mol. The van der Waals surface area contributed by atoms with Crippen LogP contribution in [0.4, 0.5) is 4.39 Å². The second-order valence-electron chi connectivity index (χ2n) is 10.8. The third-order valence-corrected chi connectivity index (χ3v) is 9.73. The van der Waals surface area contributed by atoms with Crippen molar-refractivity contribution >= 4 is 32.3 Å². The minimum Gasteiger partial charge on any atom is -0.252 e. The molecule has 1 aromatic carbocycles. The maximum absolute atomic E-state index is 16.2. The first-order chi connectivity index (χ1) is 14.8. The van der Waals surface area contributed by atoms with E-state index in [4.69, 9.17) is 4.98 Å². The zero-order valence-electron chi connectivity index (χ0n) is 19.5. The van der Waals surface area contributed by atoms with Gasteiger partial charge in [-0.25, -0.2) is 4.39 Å². The van der Waals surface area contributed by atoms with E-state index in [0.29, 0.717) is 12.3 Å². The van der Waals surface area contributed by atoms with Gasteiger partial charge in [0.2, 0.25) is 0 Å². The number of rotatable bonds is 2. The van der Waals surface area contributed by atoms with Gasteiger partial charge in [0.25, 0.3) is 0 Å². The predicted molar refractivity (Wildman–Crippen MR) is 132 cm³/mol. The Balaban J connectivity index is 1.45. The number of benzene rings is 1. The highest BCUT2D eigenvalue weighted by molar-refractivity contribution is 7.19. The summed E-state index contributed by atoms with van der Waals surface area (Å²) in [6.07, 6.45) is 9.21. The summed E-state index contributed by atoms with van der Waals surface area (Å²) >= 11 is 1.85. The lowest BCUT2D eigenvalue weighted by Gasteiger charge is -2.36. The van der Waals surface area contributed by atoms with Crippen LogP contribution in [0.25, 0.3) is 21.0 Å². The van der Waals surface area contributed by atoms with E-state index in [9.17, 15) is 0 Å². The molecule has 0 saturated heterocycles. The van der Waals surface area contributed by atoms with Crippen molar-refractivity contribution in [1.82, 2.24) is 4.98 Å². The van der Waals surface area contributed by atoms with Crippen molar-refractivity contribution in [2.75, 3.05) is 0 Å². The summed E-state index contributed by atoms with van der Waals surface area (Å²) in [7, 11) is 0. The zero-order valence-corrected chi connectivity index (χ0v) is 20.3. The number of hydrogen-bond acceptors (Lipinski definition) is 2. The van der Waals surface area contributed by atoms with E-state index in [1.807, 2.05) is 18.3 Å². The van der Waals surface area contributed by atoms with Gasteiger partial charge in [0.15, 0.2) is 0 Å². The minimum absolute atomic E-state index is 0.0922. The summed E-state index contributed by atoms with van der Waals surface area (Å²) in [5.41, 5.74) is 2.15. The Labute approximate surface area is 190 Å². The summed E-state index contributed by atoms with van der Waals surface area (Å²) in [4.78, 5) is 6.42. The Kier molecular flexibility index (Phi) is 5.61. The van der Waals surface area contributed by atoms with Crippen LogP contribution < -0.4 is 0 Å². The van der Waals surface area contributed by atoms with Crippen LogP contribution in [-0.4, -0.2) is 10.7 Å². The van der Waals surface area contributed by atoms with E-state index in [1.54, 1.807) is 0 Å². The Morgan fingerprint density at radius 3 is 2.52 bits per heavy atom. The molecule has 31 heavy (non-hydrogen) atoms. The van der Waals surface area contributed by atoms with Gasteiger partial charge in [0.1, 0.15) is 5.67 Å². The Hall–Kier alpha value is -1.48. The second kappa shape index (κ2) is 8.14. The summed E-state index contributed by atoms with van der Waals surface area (Å²) in [5.74, 6) is 2.04. The monoisotopic (exact) mass is 437 g/mol. The molecule has 2 aromatic heterocycles. The molecule has 2 aliphatic carbocycles. The number of hydrogen-bond donors (Lipinski definition) is 0. The number of nitrogens with zero attached hydrogens (tertiary/aromatic N) is 1. The van der Waals surface area contributed by atoms with Gasteiger partial charge in [-0.1, -0.05) is 38.7 Å². The molecule has 0 aliphatic heterocycles. The quantitative estimate of drug-likeness (QED) is 0.365. The standard InChI is InChI=1S/C28H36FNS/c1-17-8-10-20(11-9-17)21-6-5-7-23(28(4,29)16-21)25-13-12-22-24(30-25)14-15-26-27(22)18(2)19(3)31-26/h12-15,17,20-21,23H,5-11,16H2,1-4H3. The van der Waals surface area contributed by atoms with E-state index in [-0.39, 0.29) is 5.92 Å². The summed E-state index contributed by atoms with van der Waals surface area (Å²) in [6, 6.07) is 8.66. The molecule has 2 aliphatic rings. The number of pyridine rings is 1. The normalized spacial score (nSPS) is 32.4. The SMILES string of the molecule is Cc1sc2ccc3nc(C4CCCC(C5CCC(C)CC5)CC4(C)F)ccc3c2c1C. The van der Waals surface area contributed by atoms with Gasteiger partial charge in [-0.3, -0.25) is 4.98 Å². The number of aromatic nitrogens is 1. The van der Waals surface area contributed by atoms with E-state index < -0.39 is 5.67 Å². The second-order valence-corrected chi connectivity index (χ2v) is 12.0. The molecule has 3 heteroatoms. The first-order valence-corrected chi connectivity index (χ1v) is 13.1. The van der Waals surface area contributed by atoms with Crippen LogP contribution in [0, 0.1) is 31.6 Å². The highest BCUT2D eigenvalue weighted by Crippen LogP contribution is 2.48. The van der Waals surface area contributed by atoms with Crippen LogP contribution >= 0.6 is 11.3 Å². The molecule has 3 aromatic rings. The van der Waals surface area contributed by atoms with Crippen LogP contribution in [0.5, 0.6) is 0 Å². The van der Waals surface area contributed by atoms with Gasteiger partial charge < -0.3 is 0 Å². The molecule has 166 valence electrons. The van der Waals surface area contributed by atoms with Gasteiger partial charge in [-0.15, -0.1) is 11.3 Å². The first kappa shape index (κ1) is 21.4. The van der Waals surface area contributed by atoms with Gasteiger partial charge in [-0.05, 0) is 88.0 Å². The van der Waals surface area contributed by atoms with Crippen molar-refractivity contribution in [2.24, 2.45) is 17.8 Å². The topological polar surface area (TPSA) is 12.9 Å². The Morgan fingerprint density at radius 2 is 1.74 bits per heavy atom. The fraction of sp³-hybridized carbons (Fsp3) is 0.607. The molecule has 3 atom stereocenters. The first-order valence-electron chi connectivity index (χ1n) is 12.3. The van der Waals surface area contributed by atoms with Crippen molar-refractivity contribution in [2.45, 2.75) is 90.6 Å². The van der Waals surface area contributed by atoms with Gasteiger partial charge in [0, 0.05) is 32.0 Å². The van der Waals surface area contributed by atoms with Crippen LogP contribution in [0.15, 0.2) is 24.3 Å². The summed E-state index contributed by atoms with van der Waals surface area (Å²) < 4.78 is 17.6. The smallest absolute Gasteiger partial charge is 0.116 e. The fourth-order valence-corrected chi connectivity index (χ4v) is 7.63. The molecule has 2 heterocycles. The molecule has 0 amide bonds. The maximum Gasteiger partial charge on any atom is 0.116 e. The molecule has 0 spiro atoms. The molecular weight excluding hydrogens is 401 g/mol. The van der Waals surface area contributed by atoms with Crippen LogP contribution in [-0.2, 0) is 0 Å². The number of aryl methyl sites for hydroxylation is 2. The average Bonchev–Trinajstić information content (AvgIpc) is 2.93. The summed E-state index contributed by atoms with van der Waals surface area (Å²) in [6.45, 7) is 8.63. The molecular formula is C28H36FNS. The Morgan fingerprint density at radius 1 is 0.968 bits per heavy atom. The lowest BCUT2D eigenvalue weighted by atomic mass is 9.71. The zero-order chi connectivity index (χ0) is 21.8. The molecule has 5 rings (SSSR count). The van der Waals surface area contributed by atoms with Gasteiger partial charge in [0.05, 0.1) is 5.52 Å². The van der Waals surface area contributed by atoms with Crippen molar-refractivity contribution in [1.29, 1.82) is 0 Å². The number of fused-ring (bicyclic) bond motifs is 3. The molecule has 0 N–H and O–H groups in total. The minimum atomic E-state index is -1.18. The fourth-order valence-electron chi connectivity index (χ4n) is 6.54. The molecule has 3 unspecified atom stereocenters. The van der Waals surface area contributed by atoms with Crippen molar-refractivity contribution < 1.29 is 4.39 Å². The predicted octanol–water partition coefficient (Wildman–Crippen LogP) is 8.89. The third-order valence-electron chi connectivity index (χ3n) is 8.56. The lowest BCUT2D eigenvalue weighted by Crippen LogP contribution is -2.32. The molecule has 0 radical (unpaired) electrons. The summed E-state index contributed by atoms with van der Waals surface area (Å²) in [5, 5.41) is 2.54. The number of thiophene rings is 1. The van der Waals surface area contributed by atoms with E-state index in [1.165, 1.54) is 58.0 Å². The van der Waals surface area contributed by atoms with E-state index >= 15 is 4.39 Å². The van der Waals surface area contributed by atoms with Crippen molar-refractivity contribution in [3.8, 4) is 0 Å². The molecule has 1 nitrogen and oxygen atoms in total. The third kappa shape index (κ3) is 3.92. The van der Waals surface area contributed by atoms with Crippen molar-refractivity contribution in [3.63, 3.8) is 0 Å². The van der Waals surface area contributed by atoms with Crippen LogP contribution in [0.1, 0.15) is 87.3 Å². The highest BCUT2D eigenvalue weighted by atomic mass is 32.1. The molecule has 2 saturated carbocycles. The van der Waals surface area contributed by atoms with Crippen LogP contribution in [0.2, 0.25) is 0 Å². The van der Waals surface area contributed by atoms with E-state index in [0.717, 1.165) is 35.9 Å². The highest BCUT2D eigenvalue weighted by Gasteiger charge is 2.42. The van der Waals surface area contributed by atoms with Crippen LogP contribution in [0.3, 0.4) is 0 Å². The largest absolute Gasteiger partial charge is 0.252 e. The van der Waals surface area contributed by atoms with E-state index in [2.05, 4.69) is 45.0 Å². The van der Waals surface area contributed by atoms with Gasteiger partial charge >= 0.3 is 0 Å². The Bertz CT molecular complexity index is 1090.